The van der Waals surface area contributed by atoms with Crippen molar-refractivity contribution in [3.63, 3.8) is 0 Å². The molecule has 1 aromatic rings. The number of hydrogen-bond donors (Lipinski definition) is 1. The predicted octanol–water partition coefficient (Wildman–Crippen LogP) is 4.73. The van der Waals surface area contributed by atoms with Gasteiger partial charge in [0.05, 0.1) is 6.54 Å². The normalized spacial score (nSPS) is 17.4. The van der Waals surface area contributed by atoms with E-state index in [0.29, 0.717) is 0 Å². The van der Waals surface area contributed by atoms with Crippen LogP contribution in [0.25, 0.3) is 0 Å². The van der Waals surface area contributed by atoms with E-state index in [9.17, 15) is 25.2 Å². The van der Waals surface area contributed by atoms with Gasteiger partial charge >= 0.3 is 33.0 Å². The predicted molar refractivity (Wildman–Crippen MR) is 54.0 cm³/mol. The van der Waals surface area contributed by atoms with Crippen molar-refractivity contribution in [2.45, 2.75) is 26.8 Å². The molecule has 104 valence electrons. The van der Waals surface area contributed by atoms with Gasteiger partial charge in [0.1, 0.15) is 12.4 Å². The van der Waals surface area contributed by atoms with Gasteiger partial charge in [-0.25, -0.2) is 4.57 Å². The number of imidazole rings is 1. The SMILES string of the molecule is CCC(C)C[n+]1cc[nH]c1.F[P-](F)(F)(F)(F)F. The molecule has 0 radical (unpaired) electrons. The van der Waals surface area contributed by atoms with Crippen LogP contribution in [-0.2, 0) is 6.54 Å². The number of aromatic nitrogens is 2. The van der Waals surface area contributed by atoms with Gasteiger partial charge in [0.2, 0.25) is 6.33 Å². The maximum absolute atomic E-state index is 10.7. The van der Waals surface area contributed by atoms with Crippen molar-refractivity contribution < 1.29 is 29.7 Å². The summed E-state index contributed by atoms with van der Waals surface area (Å²) >= 11 is 0. The van der Waals surface area contributed by atoms with Crippen LogP contribution in [0.2, 0.25) is 0 Å². The Morgan fingerprint density at radius 2 is 1.65 bits per heavy atom. The van der Waals surface area contributed by atoms with Gasteiger partial charge < -0.3 is 0 Å². The molecule has 1 N–H and O–H groups in total. The van der Waals surface area contributed by atoms with Crippen molar-refractivity contribution in [2.24, 2.45) is 5.92 Å². The zero-order chi connectivity index (χ0) is 13.8. The fourth-order valence-corrected chi connectivity index (χ4v) is 0.923. The molecule has 1 unspecified atom stereocenters. The van der Waals surface area contributed by atoms with Crippen LogP contribution in [0.4, 0.5) is 25.2 Å². The van der Waals surface area contributed by atoms with E-state index in [0.717, 1.165) is 12.5 Å². The van der Waals surface area contributed by atoms with Crippen LogP contribution in [-0.4, -0.2) is 4.98 Å². The molecule has 1 rings (SSSR count). The van der Waals surface area contributed by atoms with Crippen molar-refractivity contribution in [3.05, 3.63) is 18.7 Å². The van der Waals surface area contributed by atoms with Crippen LogP contribution < -0.4 is 4.57 Å². The molecule has 0 aliphatic heterocycles. The molecule has 0 aliphatic carbocycles. The van der Waals surface area contributed by atoms with E-state index >= 15 is 0 Å². The molecule has 0 fully saturated rings. The number of nitrogens with zero attached hydrogens (tertiary/aromatic N) is 1. The summed E-state index contributed by atoms with van der Waals surface area (Å²) in [5.74, 6) is 0.779. The fraction of sp³-hybridized carbons (Fsp3) is 0.625. The van der Waals surface area contributed by atoms with Gasteiger partial charge in [0, 0.05) is 0 Å². The minimum atomic E-state index is -10.7. The second kappa shape index (κ2) is 4.48. The van der Waals surface area contributed by atoms with Crippen LogP contribution >= 0.6 is 7.81 Å². The Balaban J connectivity index is 0.000000325. The first-order chi connectivity index (χ1) is 7.28. The summed E-state index contributed by atoms with van der Waals surface area (Å²) < 4.78 is 61.4. The van der Waals surface area contributed by atoms with Gasteiger partial charge in [0.15, 0.2) is 0 Å². The van der Waals surface area contributed by atoms with Crippen molar-refractivity contribution in [1.29, 1.82) is 0 Å². The molecule has 1 aromatic heterocycles. The zero-order valence-electron chi connectivity index (χ0n) is 9.39. The topological polar surface area (TPSA) is 19.7 Å². The quantitative estimate of drug-likeness (QED) is 0.470. The van der Waals surface area contributed by atoms with E-state index in [1.807, 2.05) is 12.5 Å². The minimum absolute atomic E-state index is 0.779. The molecule has 0 bridgehead atoms. The van der Waals surface area contributed by atoms with Crippen LogP contribution in [0.15, 0.2) is 18.7 Å². The molecule has 1 atom stereocenters. The summed E-state index contributed by atoms with van der Waals surface area (Å²) in [6, 6.07) is 0. The average molecular weight is 284 g/mol. The van der Waals surface area contributed by atoms with Crippen LogP contribution in [0, 0.1) is 5.92 Å². The van der Waals surface area contributed by atoms with Crippen LogP contribution in [0.3, 0.4) is 0 Å². The Morgan fingerprint density at radius 1 is 1.18 bits per heavy atom. The summed E-state index contributed by atoms with van der Waals surface area (Å²) in [7, 11) is -10.7. The Labute approximate surface area is 94.9 Å². The Morgan fingerprint density at radius 3 is 1.94 bits per heavy atom. The molecular weight excluding hydrogens is 269 g/mol. The molecule has 9 heteroatoms. The Hall–Kier alpha value is -0.780. The second-order valence-corrected chi connectivity index (χ2v) is 5.70. The van der Waals surface area contributed by atoms with E-state index < -0.39 is 7.81 Å². The van der Waals surface area contributed by atoms with E-state index in [1.165, 1.54) is 6.42 Å². The standard InChI is InChI=1S/C8H14N2.F6P/c1-3-8(2)6-10-5-4-9-7-10;1-7(2,3,4,5)6/h4-5,7-8H,3,6H2,1-2H3;/q;-1/p+1. The molecule has 0 spiro atoms. The van der Waals surface area contributed by atoms with Gasteiger partial charge in [-0.15, -0.1) is 0 Å². The van der Waals surface area contributed by atoms with E-state index in [-0.39, 0.29) is 0 Å². The summed E-state index contributed by atoms with van der Waals surface area (Å²) in [5.41, 5.74) is 0. The first kappa shape index (κ1) is 16.2. The maximum atomic E-state index is 9.87. The molecule has 17 heavy (non-hydrogen) atoms. The van der Waals surface area contributed by atoms with Gasteiger partial charge in [-0.2, -0.15) is 0 Å². The fourth-order valence-electron chi connectivity index (χ4n) is 0.923. The summed E-state index contributed by atoms with van der Waals surface area (Å²) in [6.45, 7) is 5.61. The van der Waals surface area contributed by atoms with Gasteiger partial charge in [-0.1, -0.05) is 13.8 Å². The first-order valence-electron chi connectivity index (χ1n) is 4.86. The average Bonchev–Trinajstić information content (AvgIpc) is 2.50. The summed E-state index contributed by atoms with van der Waals surface area (Å²) in [6.07, 6.45) is 7.25. The third-order valence-corrected chi connectivity index (χ3v) is 1.82. The van der Waals surface area contributed by atoms with E-state index in [4.69, 9.17) is 0 Å². The van der Waals surface area contributed by atoms with Gasteiger partial charge in [-0.05, 0) is 12.3 Å². The molecule has 0 saturated carbocycles. The monoisotopic (exact) mass is 284 g/mol. The van der Waals surface area contributed by atoms with E-state index in [2.05, 4.69) is 29.6 Å². The number of aromatic amines is 1. The Kier molecular flexibility index (Phi) is 4.27. The number of hydrogen-bond acceptors (Lipinski definition) is 0. The number of halogens is 6. The number of rotatable bonds is 3. The van der Waals surface area contributed by atoms with Crippen molar-refractivity contribution >= 4 is 7.81 Å². The van der Waals surface area contributed by atoms with Crippen LogP contribution in [0.5, 0.6) is 0 Å². The Bertz CT molecular complexity index is 317. The molecule has 0 aromatic carbocycles. The van der Waals surface area contributed by atoms with Crippen molar-refractivity contribution in [2.75, 3.05) is 0 Å². The zero-order valence-corrected chi connectivity index (χ0v) is 10.3. The molecule has 0 amide bonds. The molecular formula is C8H15F6N2P. The molecule has 1 heterocycles. The van der Waals surface area contributed by atoms with E-state index in [1.54, 1.807) is 0 Å². The third kappa shape index (κ3) is 17.8. The molecule has 2 nitrogen and oxygen atoms in total. The third-order valence-electron chi connectivity index (χ3n) is 1.82. The molecule has 0 aliphatic rings. The number of nitrogens with one attached hydrogen (secondary N) is 1. The first-order valence-corrected chi connectivity index (χ1v) is 6.89. The van der Waals surface area contributed by atoms with Crippen molar-refractivity contribution in [1.82, 2.24) is 4.98 Å². The van der Waals surface area contributed by atoms with Crippen molar-refractivity contribution in [3.8, 4) is 0 Å². The summed E-state index contributed by atoms with van der Waals surface area (Å²) in [4.78, 5) is 3.02. The van der Waals surface area contributed by atoms with Gasteiger partial charge in [-0.3, -0.25) is 4.98 Å². The van der Waals surface area contributed by atoms with Gasteiger partial charge in [0.25, 0.3) is 0 Å². The second-order valence-electron chi connectivity index (χ2n) is 3.78. The van der Waals surface area contributed by atoms with Crippen LogP contribution in [0.1, 0.15) is 20.3 Å². The molecule has 0 saturated heterocycles. The number of H-pyrrole nitrogens is 1. The summed E-state index contributed by atoms with van der Waals surface area (Å²) in [5, 5.41) is 0.